The van der Waals surface area contributed by atoms with Crippen LogP contribution in [0.5, 0.6) is 5.75 Å². The Hall–Kier alpha value is -1.18. The molecule has 5 heteroatoms. The van der Waals surface area contributed by atoms with E-state index in [1.807, 2.05) is 25.1 Å². The maximum absolute atomic E-state index is 12.1. The van der Waals surface area contributed by atoms with Gasteiger partial charge in [-0.1, -0.05) is 23.8 Å². The zero-order valence-corrected chi connectivity index (χ0v) is 15.7. The van der Waals surface area contributed by atoms with Crippen LogP contribution in [0.2, 0.25) is 0 Å². The molecule has 0 spiro atoms. The summed E-state index contributed by atoms with van der Waals surface area (Å²) < 4.78 is 0. The third-order valence-electron chi connectivity index (χ3n) is 2.98. The Labute approximate surface area is 151 Å². The maximum Gasteiger partial charge on any atom is 0.259 e. The van der Waals surface area contributed by atoms with Crippen LogP contribution in [-0.4, -0.2) is 15.1 Å². The molecule has 2 aromatic carbocycles. The molecule has 97 valence electrons. The second-order valence-electron chi connectivity index (χ2n) is 4.49. The molecule has 0 amide bonds. The third kappa shape index (κ3) is 2.94. The smallest absolute Gasteiger partial charge is 0.259 e. The van der Waals surface area contributed by atoms with E-state index < -0.39 is 0 Å². The number of phenols is 1. The Morgan fingerprint density at radius 3 is 2.70 bits per heavy atom. The quantitative estimate of drug-likeness (QED) is 0.564. The molecule has 1 aromatic heterocycles. The average Bonchev–Trinajstić information content (AvgIpc) is 2.39. The minimum absolute atomic E-state index is 0. The Kier molecular flexibility index (Phi) is 4.62. The molecule has 0 atom stereocenters. The molecule has 3 aromatic rings. The van der Waals surface area contributed by atoms with Gasteiger partial charge in [0.2, 0.25) is 0 Å². The molecule has 0 bridgehead atoms. The fourth-order valence-electron chi connectivity index (χ4n) is 2.04. The van der Waals surface area contributed by atoms with Crippen molar-refractivity contribution in [3.05, 3.63) is 58.4 Å². The number of rotatable bonds is 1. The normalized spacial score (nSPS) is 10.2. The summed E-state index contributed by atoms with van der Waals surface area (Å²) in [6.45, 7) is 1.93. The molecule has 2 N–H and O–H groups in total. The van der Waals surface area contributed by atoms with Crippen molar-refractivity contribution in [2.45, 2.75) is 6.92 Å². The van der Waals surface area contributed by atoms with E-state index in [9.17, 15) is 9.90 Å². The summed E-state index contributed by atoms with van der Waals surface area (Å²) in [5.74, 6) is 0.599. The molecule has 1 radical (unpaired) electrons. The molecule has 0 unspecified atom stereocenters. The molecule has 0 aliphatic carbocycles. The molecular formula is C15H12AcN2O2. The van der Waals surface area contributed by atoms with Crippen LogP contribution in [0, 0.1) is 51.0 Å². The SMILES string of the molecule is Cc1ccc2nc(-c3cccc(O)c3)[nH]c(=O)c2c1.[Ac]. The maximum atomic E-state index is 12.1. The molecule has 0 aliphatic heterocycles. The number of aromatic amines is 1. The Balaban J connectivity index is 0.00000147. The van der Waals surface area contributed by atoms with Crippen molar-refractivity contribution in [1.82, 2.24) is 9.97 Å². The van der Waals surface area contributed by atoms with E-state index >= 15 is 0 Å². The van der Waals surface area contributed by atoms with Crippen LogP contribution >= 0.6 is 0 Å². The topological polar surface area (TPSA) is 66.0 Å². The van der Waals surface area contributed by atoms with Gasteiger partial charge in [-0.15, -0.1) is 0 Å². The van der Waals surface area contributed by atoms with Gasteiger partial charge in [0.1, 0.15) is 11.6 Å². The molecule has 20 heavy (non-hydrogen) atoms. The molecular weight excluding hydrogens is 467 g/mol. The first-order valence-corrected chi connectivity index (χ1v) is 5.93. The molecule has 0 fully saturated rings. The van der Waals surface area contributed by atoms with Gasteiger partial charge >= 0.3 is 0 Å². The molecule has 3 rings (SSSR count). The zero-order valence-electron chi connectivity index (χ0n) is 10.9. The van der Waals surface area contributed by atoms with Crippen molar-refractivity contribution in [1.29, 1.82) is 0 Å². The molecule has 0 saturated carbocycles. The Bertz CT molecular complexity index is 827. The van der Waals surface area contributed by atoms with Crippen LogP contribution in [0.3, 0.4) is 0 Å². The second-order valence-corrected chi connectivity index (χ2v) is 4.49. The summed E-state index contributed by atoms with van der Waals surface area (Å²) in [4.78, 5) is 19.2. The Morgan fingerprint density at radius 2 is 1.95 bits per heavy atom. The molecule has 1 heterocycles. The van der Waals surface area contributed by atoms with Gasteiger partial charge in [0.25, 0.3) is 5.56 Å². The monoisotopic (exact) mass is 479 g/mol. The molecule has 4 nitrogen and oxygen atoms in total. The van der Waals surface area contributed by atoms with Gasteiger partial charge in [0.05, 0.1) is 10.9 Å². The number of hydrogen-bond acceptors (Lipinski definition) is 3. The number of aryl methyl sites for hydroxylation is 1. The van der Waals surface area contributed by atoms with Crippen molar-refractivity contribution in [2.75, 3.05) is 0 Å². The van der Waals surface area contributed by atoms with E-state index in [0.29, 0.717) is 22.3 Å². The van der Waals surface area contributed by atoms with Crippen molar-refractivity contribution in [2.24, 2.45) is 0 Å². The van der Waals surface area contributed by atoms with Crippen molar-refractivity contribution in [3.8, 4) is 17.1 Å². The van der Waals surface area contributed by atoms with Gasteiger partial charge in [0.15, 0.2) is 0 Å². The molecule has 0 aliphatic rings. The summed E-state index contributed by atoms with van der Waals surface area (Å²) in [7, 11) is 0. The summed E-state index contributed by atoms with van der Waals surface area (Å²) >= 11 is 0. The number of phenolic OH excluding ortho intramolecular Hbond substituents is 1. The number of nitrogens with one attached hydrogen (secondary N) is 1. The number of nitrogens with zero attached hydrogens (tertiary/aromatic N) is 1. The first-order chi connectivity index (χ1) is 9.13. The number of H-pyrrole nitrogens is 1. The van der Waals surface area contributed by atoms with Crippen LogP contribution in [0.1, 0.15) is 5.56 Å². The third-order valence-corrected chi connectivity index (χ3v) is 2.98. The van der Waals surface area contributed by atoms with Gasteiger partial charge in [-0.05, 0) is 31.2 Å². The van der Waals surface area contributed by atoms with E-state index in [4.69, 9.17) is 0 Å². The standard InChI is InChI=1S/C15H12N2O2.Ac/c1-9-5-6-13-12(7-9)15(19)17-14(16-13)10-3-2-4-11(18)8-10;/h2-8,18H,1H3,(H,16,17,19);. The van der Waals surface area contributed by atoms with Crippen molar-refractivity contribution in [3.63, 3.8) is 0 Å². The summed E-state index contributed by atoms with van der Waals surface area (Å²) in [5, 5.41) is 10.0. The van der Waals surface area contributed by atoms with E-state index in [1.54, 1.807) is 24.3 Å². The van der Waals surface area contributed by atoms with Crippen LogP contribution < -0.4 is 5.56 Å². The van der Waals surface area contributed by atoms with Gasteiger partial charge in [-0.3, -0.25) is 4.79 Å². The fourth-order valence-corrected chi connectivity index (χ4v) is 2.04. The summed E-state index contributed by atoms with van der Waals surface area (Å²) in [5.41, 5.74) is 2.17. The summed E-state index contributed by atoms with van der Waals surface area (Å²) in [6.07, 6.45) is 0. The predicted molar refractivity (Wildman–Crippen MR) is 74.2 cm³/mol. The summed E-state index contributed by atoms with van der Waals surface area (Å²) in [6, 6.07) is 12.2. The van der Waals surface area contributed by atoms with E-state index in [-0.39, 0.29) is 55.4 Å². The number of benzene rings is 2. The van der Waals surface area contributed by atoms with Crippen molar-refractivity contribution < 1.29 is 49.2 Å². The number of aromatic hydroxyl groups is 1. The minimum atomic E-state index is -0.174. The first kappa shape index (κ1) is 15.2. The molecule has 0 saturated heterocycles. The van der Waals surface area contributed by atoms with Gasteiger partial charge in [-0.2, -0.15) is 0 Å². The van der Waals surface area contributed by atoms with Crippen LogP contribution in [0.15, 0.2) is 47.3 Å². The van der Waals surface area contributed by atoms with Crippen molar-refractivity contribution >= 4 is 10.9 Å². The average molecular weight is 479 g/mol. The first-order valence-electron chi connectivity index (χ1n) is 5.93. The number of aromatic nitrogens is 2. The van der Waals surface area contributed by atoms with E-state index in [0.717, 1.165) is 5.56 Å². The van der Waals surface area contributed by atoms with E-state index in [2.05, 4.69) is 9.97 Å². The van der Waals surface area contributed by atoms with Gasteiger partial charge in [-0.25, -0.2) is 4.98 Å². The largest absolute Gasteiger partial charge is 0.508 e. The van der Waals surface area contributed by atoms with Crippen LogP contribution in [0.25, 0.3) is 22.3 Å². The fraction of sp³-hybridized carbons (Fsp3) is 0.0667. The number of fused-ring (bicyclic) bond motifs is 1. The second kappa shape index (κ2) is 6.07. The number of hydrogen-bond donors (Lipinski definition) is 2. The van der Waals surface area contributed by atoms with Crippen LogP contribution in [-0.2, 0) is 0 Å². The predicted octanol–water partition coefficient (Wildman–Crippen LogP) is 2.60. The van der Waals surface area contributed by atoms with Crippen LogP contribution in [0.4, 0.5) is 0 Å². The van der Waals surface area contributed by atoms with E-state index in [1.165, 1.54) is 0 Å². The minimum Gasteiger partial charge on any atom is -0.508 e. The Morgan fingerprint density at radius 1 is 1.15 bits per heavy atom. The zero-order chi connectivity index (χ0) is 13.4. The van der Waals surface area contributed by atoms with Gasteiger partial charge < -0.3 is 10.1 Å². The van der Waals surface area contributed by atoms with Gasteiger partial charge in [0, 0.05) is 49.6 Å².